The normalized spacial score (nSPS) is 11.2. The van der Waals surface area contributed by atoms with E-state index in [9.17, 15) is 4.79 Å². The molecule has 0 saturated heterocycles. The molecule has 32 heavy (non-hydrogen) atoms. The van der Waals surface area contributed by atoms with E-state index in [0.717, 1.165) is 30.0 Å². The van der Waals surface area contributed by atoms with Crippen LogP contribution in [-0.4, -0.2) is 26.2 Å². The van der Waals surface area contributed by atoms with Crippen LogP contribution in [0.5, 0.6) is 0 Å². The molecular formula is C25H27N5O2. The number of ether oxygens (including phenoxy) is 1. The van der Waals surface area contributed by atoms with Gasteiger partial charge in [0.1, 0.15) is 0 Å². The van der Waals surface area contributed by atoms with Gasteiger partial charge >= 0.3 is 5.97 Å². The standard InChI is InChI=1S/C25H27N5O2/c1-4-18-30(3)24-16-14-23(15-17-24)29-28-22-12-10-21(11-13-22)27-26-20-8-6-19(7-9-20)25(31)32-5-2/h6-17H,4-5,18H2,1-3H3. The predicted molar refractivity (Wildman–Crippen MR) is 127 cm³/mol. The lowest BCUT2D eigenvalue weighted by molar-refractivity contribution is 0.0526. The van der Waals surface area contributed by atoms with Gasteiger partial charge in [-0.1, -0.05) is 6.92 Å². The van der Waals surface area contributed by atoms with Gasteiger partial charge in [-0.2, -0.15) is 20.5 Å². The first-order valence-electron chi connectivity index (χ1n) is 10.6. The summed E-state index contributed by atoms with van der Waals surface area (Å²) in [6.45, 7) is 5.30. The molecule has 3 rings (SSSR count). The van der Waals surface area contributed by atoms with Crippen molar-refractivity contribution in [3.05, 3.63) is 78.4 Å². The molecule has 0 bridgehead atoms. The van der Waals surface area contributed by atoms with Crippen LogP contribution in [-0.2, 0) is 4.74 Å². The lowest BCUT2D eigenvalue weighted by atomic mass is 10.2. The molecule has 7 nitrogen and oxygen atoms in total. The third-order valence-corrected chi connectivity index (χ3v) is 4.64. The molecule has 3 aromatic rings. The summed E-state index contributed by atoms with van der Waals surface area (Å²) in [5.41, 5.74) is 4.53. The van der Waals surface area contributed by atoms with E-state index < -0.39 is 0 Å². The lowest BCUT2D eigenvalue weighted by Gasteiger charge is -2.17. The molecule has 3 aromatic carbocycles. The molecule has 0 atom stereocenters. The van der Waals surface area contributed by atoms with E-state index in [0.29, 0.717) is 23.5 Å². The highest BCUT2D eigenvalue weighted by Crippen LogP contribution is 2.25. The average molecular weight is 430 g/mol. The molecule has 0 aliphatic carbocycles. The molecular weight excluding hydrogens is 402 g/mol. The van der Waals surface area contributed by atoms with Crippen molar-refractivity contribution >= 4 is 34.4 Å². The number of hydrogen-bond donors (Lipinski definition) is 0. The number of esters is 1. The Hall–Kier alpha value is -3.87. The van der Waals surface area contributed by atoms with Gasteiger partial charge in [0.2, 0.25) is 0 Å². The highest BCUT2D eigenvalue weighted by atomic mass is 16.5. The Morgan fingerprint density at radius 3 is 1.53 bits per heavy atom. The van der Waals surface area contributed by atoms with Gasteiger partial charge in [0.25, 0.3) is 0 Å². The van der Waals surface area contributed by atoms with Gasteiger partial charge < -0.3 is 9.64 Å². The summed E-state index contributed by atoms with van der Waals surface area (Å²) in [5.74, 6) is -0.347. The fraction of sp³-hybridized carbons (Fsp3) is 0.240. The zero-order chi connectivity index (χ0) is 22.8. The average Bonchev–Trinajstić information content (AvgIpc) is 2.83. The van der Waals surface area contributed by atoms with Crippen LogP contribution in [0.2, 0.25) is 0 Å². The van der Waals surface area contributed by atoms with Gasteiger partial charge in [-0.05, 0) is 86.1 Å². The molecule has 7 heteroatoms. The second-order valence-electron chi connectivity index (χ2n) is 7.12. The van der Waals surface area contributed by atoms with Crippen molar-refractivity contribution in [2.75, 3.05) is 25.1 Å². The molecule has 0 aliphatic rings. The predicted octanol–water partition coefficient (Wildman–Crippen LogP) is 7.54. The summed E-state index contributed by atoms with van der Waals surface area (Å²) in [7, 11) is 2.08. The van der Waals surface area contributed by atoms with Crippen molar-refractivity contribution in [1.82, 2.24) is 0 Å². The quantitative estimate of drug-likeness (QED) is 0.260. The molecule has 0 spiro atoms. The number of anilines is 1. The van der Waals surface area contributed by atoms with Gasteiger partial charge in [-0.25, -0.2) is 4.79 Å². The minimum Gasteiger partial charge on any atom is -0.462 e. The topological polar surface area (TPSA) is 79.0 Å². The Bertz CT molecular complexity index is 1060. The first kappa shape index (κ1) is 22.8. The van der Waals surface area contributed by atoms with Crippen LogP contribution in [0.1, 0.15) is 30.6 Å². The van der Waals surface area contributed by atoms with Crippen molar-refractivity contribution in [2.24, 2.45) is 20.5 Å². The third-order valence-electron chi connectivity index (χ3n) is 4.64. The third kappa shape index (κ3) is 6.57. The van der Waals surface area contributed by atoms with Gasteiger partial charge in [0.15, 0.2) is 0 Å². The van der Waals surface area contributed by atoms with Gasteiger partial charge in [-0.3, -0.25) is 0 Å². The fourth-order valence-electron chi connectivity index (χ4n) is 2.93. The maximum Gasteiger partial charge on any atom is 0.338 e. The molecule has 0 aliphatic heterocycles. The van der Waals surface area contributed by atoms with Crippen LogP contribution in [0, 0.1) is 0 Å². The SMILES string of the molecule is CCCN(C)c1ccc(N=Nc2ccc(N=Nc3ccc(C(=O)OCC)cc3)cc2)cc1. The summed E-state index contributed by atoms with van der Waals surface area (Å²) in [5, 5.41) is 17.0. The molecule has 0 fully saturated rings. The van der Waals surface area contributed by atoms with Crippen LogP contribution in [0.15, 0.2) is 93.3 Å². The van der Waals surface area contributed by atoms with Crippen molar-refractivity contribution in [1.29, 1.82) is 0 Å². The molecule has 0 saturated carbocycles. The number of rotatable bonds is 9. The van der Waals surface area contributed by atoms with Crippen LogP contribution in [0.25, 0.3) is 0 Å². The van der Waals surface area contributed by atoms with E-state index in [1.165, 1.54) is 0 Å². The number of nitrogens with zero attached hydrogens (tertiary/aromatic N) is 5. The molecule has 0 radical (unpaired) electrons. The summed E-state index contributed by atoms with van der Waals surface area (Å²) >= 11 is 0. The van der Waals surface area contributed by atoms with Crippen molar-refractivity contribution < 1.29 is 9.53 Å². The summed E-state index contributed by atoms with van der Waals surface area (Å²) in [4.78, 5) is 13.9. The summed E-state index contributed by atoms with van der Waals surface area (Å²) < 4.78 is 4.97. The molecule has 0 N–H and O–H groups in total. The Morgan fingerprint density at radius 2 is 1.12 bits per heavy atom. The Morgan fingerprint density at radius 1 is 0.719 bits per heavy atom. The van der Waals surface area contributed by atoms with Crippen molar-refractivity contribution in [3.63, 3.8) is 0 Å². The minimum atomic E-state index is -0.347. The van der Waals surface area contributed by atoms with Gasteiger partial charge in [0, 0.05) is 19.3 Å². The molecule has 0 amide bonds. The number of hydrogen-bond acceptors (Lipinski definition) is 7. The van der Waals surface area contributed by atoms with Gasteiger partial charge in [0.05, 0.1) is 34.9 Å². The van der Waals surface area contributed by atoms with Crippen LogP contribution >= 0.6 is 0 Å². The smallest absolute Gasteiger partial charge is 0.338 e. The van der Waals surface area contributed by atoms with E-state index in [1.807, 2.05) is 48.5 Å². The van der Waals surface area contributed by atoms with Crippen LogP contribution < -0.4 is 4.90 Å². The lowest BCUT2D eigenvalue weighted by Crippen LogP contribution is -2.17. The Kier molecular flexibility index (Phi) is 8.20. The second kappa shape index (κ2) is 11.5. The first-order valence-corrected chi connectivity index (χ1v) is 10.6. The number of azo groups is 2. The van der Waals surface area contributed by atoms with Crippen LogP contribution in [0.4, 0.5) is 28.4 Å². The zero-order valence-corrected chi connectivity index (χ0v) is 18.6. The minimum absolute atomic E-state index is 0.346. The molecule has 0 unspecified atom stereocenters. The summed E-state index contributed by atoms with van der Waals surface area (Å²) in [6, 6.07) is 22.1. The van der Waals surface area contributed by atoms with E-state index >= 15 is 0 Å². The Labute approximate surface area is 188 Å². The van der Waals surface area contributed by atoms with E-state index in [4.69, 9.17) is 4.74 Å². The van der Waals surface area contributed by atoms with Crippen molar-refractivity contribution in [2.45, 2.75) is 20.3 Å². The van der Waals surface area contributed by atoms with E-state index in [-0.39, 0.29) is 5.97 Å². The highest BCUT2D eigenvalue weighted by molar-refractivity contribution is 5.89. The Balaban J connectivity index is 1.58. The maximum absolute atomic E-state index is 11.7. The number of carbonyl (C=O) groups excluding carboxylic acids is 1. The molecule has 164 valence electrons. The fourth-order valence-corrected chi connectivity index (χ4v) is 2.93. The van der Waals surface area contributed by atoms with E-state index in [2.05, 4.69) is 39.3 Å². The molecule has 0 heterocycles. The van der Waals surface area contributed by atoms with Gasteiger partial charge in [-0.15, -0.1) is 0 Å². The monoisotopic (exact) mass is 429 g/mol. The second-order valence-corrected chi connectivity index (χ2v) is 7.12. The highest BCUT2D eigenvalue weighted by Gasteiger charge is 2.05. The largest absolute Gasteiger partial charge is 0.462 e. The number of carbonyl (C=O) groups is 1. The van der Waals surface area contributed by atoms with E-state index in [1.54, 1.807) is 31.2 Å². The maximum atomic E-state index is 11.7. The molecule has 0 aromatic heterocycles. The zero-order valence-electron chi connectivity index (χ0n) is 18.6. The summed E-state index contributed by atoms with van der Waals surface area (Å²) in [6.07, 6.45) is 1.11. The van der Waals surface area contributed by atoms with Crippen LogP contribution in [0.3, 0.4) is 0 Å². The van der Waals surface area contributed by atoms with Crippen molar-refractivity contribution in [3.8, 4) is 0 Å². The number of benzene rings is 3. The first-order chi connectivity index (χ1) is 15.6.